The van der Waals surface area contributed by atoms with Gasteiger partial charge in [0.25, 0.3) is 5.91 Å². The van der Waals surface area contributed by atoms with Gasteiger partial charge >= 0.3 is 0 Å². The molecule has 2 bridgehead atoms. The first-order valence-electron chi connectivity index (χ1n) is 10.1. The summed E-state index contributed by atoms with van der Waals surface area (Å²) in [5.41, 5.74) is 1.85. The van der Waals surface area contributed by atoms with E-state index in [4.69, 9.17) is 4.74 Å². The van der Waals surface area contributed by atoms with Crippen LogP contribution in [-0.2, 0) is 0 Å². The molecule has 0 aliphatic carbocycles. The average Bonchev–Trinajstić information content (AvgIpc) is 3.17. The van der Waals surface area contributed by atoms with Gasteiger partial charge in [-0.1, -0.05) is 12.1 Å². The molecule has 3 atom stereocenters. The quantitative estimate of drug-likeness (QED) is 0.892. The van der Waals surface area contributed by atoms with E-state index in [0.29, 0.717) is 29.8 Å². The van der Waals surface area contributed by atoms with Gasteiger partial charge in [0.05, 0.1) is 13.2 Å². The SMILES string of the molecule is COc1ccc(C(=O)N2C[C@H](c3cccc(O)c3)[C@H]3[C@@H]2C2CCN3CC2)cc1. The van der Waals surface area contributed by atoms with Crippen molar-refractivity contribution in [2.45, 2.75) is 30.8 Å². The second-order valence-corrected chi connectivity index (χ2v) is 8.24. The molecule has 4 aliphatic heterocycles. The van der Waals surface area contributed by atoms with Gasteiger partial charge in [0.15, 0.2) is 0 Å². The number of phenols is 1. The molecule has 2 aromatic rings. The molecule has 0 unspecified atom stereocenters. The summed E-state index contributed by atoms with van der Waals surface area (Å²) < 4.78 is 5.23. The van der Waals surface area contributed by atoms with Gasteiger partial charge in [0.1, 0.15) is 11.5 Å². The number of aromatic hydroxyl groups is 1. The van der Waals surface area contributed by atoms with Crippen LogP contribution in [0.1, 0.15) is 34.7 Å². The van der Waals surface area contributed by atoms with E-state index in [0.717, 1.165) is 24.4 Å². The normalized spacial score (nSPS) is 30.9. The van der Waals surface area contributed by atoms with Crippen molar-refractivity contribution in [3.63, 3.8) is 0 Å². The molecule has 4 heterocycles. The number of methoxy groups -OCH3 is 1. The van der Waals surface area contributed by atoms with Crippen molar-refractivity contribution in [1.29, 1.82) is 0 Å². The summed E-state index contributed by atoms with van der Waals surface area (Å²) in [7, 11) is 1.63. The first-order valence-corrected chi connectivity index (χ1v) is 10.1. The number of phenolic OH excluding ortho intramolecular Hbond substituents is 1. The third-order valence-corrected chi connectivity index (χ3v) is 6.89. The molecule has 1 N–H and O–H groups in total. The van der Waals surface area contributed by atoms with E-state index >= 15 is 0 Å². The van der Waals surface area contributed by atoms with Crippen LogP contribution >= 0.6 is 0 Å². The van der Waals surface area contributed by atoms with E-state index in [-0.39, 0.29) is 17.9 Å². The van der Waals surface area contributed by atoms with Crippen molar-refractivity contribution in [3.05, 3.63) is 59.7 Å². The highest BCUT2D eigenvalue weighted by Crippen LogP contribution is 2.47. The lowest BCUT2D eigenvalue weighted by molar-refractivity contribution is -0.00341. The maximum absolute atomic E-state index is 13.4. The Balaban J connectivity index is 1.50. The number of piperidine rings is 3. The van der Waals surface area contributed by atoms with Gasteiger partial charge in [-0.2, -0.15) is 0 Å². The van der Waals surface area contributed by atoms with E-state index < -0.39 is 0 Å². The summed E-state index contributed by atoms with van der Waals surface area (Å²) in [5, 5.41) is 10.00. The standard InChI is InChI=1S/C23H26N2O3/c1-28-19-7-5-16(6-8-19)23(27)25-14-20(17-3-2-4-18(26)13-17)22-21(25)15-9-11-24(22)12-10-15/h2-8,13,15,20-22,26H,9-12,14H2,1H3/t20-,21+,22+/m1/s1. The van der Waals surface area contributed by atoms with Crippen molar-refractivity contribution >= 4 is 5.91 Å². The Morgan fingerprint density at radius 3 is 2.50 bits per heavy atom. The Labute approximate surface area is 165 Å². The fraction of sp³-hybridized carbons (Fsp3) is 0.435. The van der Waals surface area contributed by atoms with Crippen LogP contribution in [0.15, 0.2) is 48.5 Å². The topological polar surface area (TPSA) is 53.0 Å². The number of likely N-dealkylation sites (tertiary alicyclic amines) is 1. The van der Waals surface area contributed by atoms with E-state index in [9.17, 15) is 9.90 Å². The fourth-order valence-corrected chi connectivity index (χ4v) is 5.60. The molecule has 4 saturated heterocycles. The first kappa shape index (κ1) is 17.6. The van der Waals surface area contributed by atoms with Gasteiger partial charge in [-0.25, -0.2) is 0 Å². The van der Waals surface area contributed by atoms with Crippen LogP contribution in [0.25, 0.3) is 0 Å². The minimum atomic E-state index is 0.106. The van der Waals surface area contributed by atoms with Gasteiger partial charge < -0.3 is 14.7 Å². The van der Waals surface area contributed by atoms with Crippen LogP contribution in [0.4, 0.5) is 0 Å². The summed E-state index contributed by atoms with van der Waals surface area (Å²) in [4.78, 5) is 18.1. The third kappa shape index (κ3) is 2.76. The number of hydrogen-bond acceptors (Lipinski definition) is 4. The number of amides is 1. The summed E-state index contributed by atoms with van der Waals surface area (Å²) in [6.45, 7) is 2.94. The lowest BCUT2D eigenvalue weighted by Crippen LogP contribution is -2.60. The maximum Gasteiger partial charge on any atom is 0.254 e. The Bertz CT molecular complexity index is 874. The Kier molecular flexibility index (Phi) is 4.27. The predicted octanol–water partition coefficient (Wildman–Crippen LogP) is 3.10. The van der Waals surface area contributed by atoms with Crippen LogP contribution in [0.5, 0.6) is 11.5 Å². The molecule has 5 nitrogen and oxygen atoms in total. The fourth-order valence-electron chi connectivity index (χ4n) is 5.60. The Morgan fingerprint density at radius 1 is 1.07 bits per heavy atom. The molecule has 1 amide bonds. The molecule has 0 spiro atoms. The summed E-state index contributed by atoms with van der Waals surface area (Å²) in [6, 6.07) is 15.6. The Hall–Kier alpha value is -2.53. The molecule has 0 saturated carbocycles. The van der Waals surface area contributed by atoms with Crippen molar-refractivity contribution in [1.82, 2.24) is 9.80 Å². The molecule has 0 aromatic heterocycles. The van der Waals surface area contributed by atoms with Crippen molar-refractivity contribution in [3.8, 4) is 11.5 Å². The van der Waals surface area contributed by atoms with Gasteiger partial charge in [0, 0.05) is 24.1 Å². The number of nitrogens with zero attached hydrogens (tertiary/aromatic N) is 2. The monoisotopic (exact) mass is 378 g/mol. The lowest BCUT2D eigenvalue weighted by atomic mass is 9.75. The summed E-state index contributed by atoms with van der Waals surface area (Å²) >= 11 is 0. The first-order chi connectivity index (χ1) is 13.7. The van der Waals surface area contributed by atoms with Crippen molar-refractivity contribution < 1.29 is 14.6 Å². The molecule has 4 aliphatic rings. The van der Waals surface area contributed by atoms with Gasteiger partial charge in [-0.05, 0) is 73.8 Å². The second-order valence-electron chi connectivity index (χ2n) is 8.24. The van der Waals surface area contributed by atoms with Gasteiger partial charge in [-0.15, -0.1) is 0 Å². The highest BCUT2D eigenvalue weighted by atomic mass is 16.5. The number of ether oxygens (including phenoxy) is 1. The van der Waals surface area contributed by atoms with Crippen LogP contribution in [-0.4, -0.2) is 59.6 Å². The van der Waals surface area contributed by atoms with E-state index in [1.807, 2.05) is 36.4 Å². The zero-order valence-corrected chi connectivity index (χ0v) is 16.1. The molecular formula is C23H26N2O3. The minimum absolute atomic E-state index is 0.106. The van der Waals surface area contributed by atoms with Crippen LogP contribution in [0.3, 0.4) is 0 Å². The molecule has 28 heavy (non-hydrogen) atoms. The number of benzene rings is 2. The van der Waals surface area contributed by atoms with Gasteiger partial charge in [0.2, 0.25) is 0 Å². The molecule has 2 aromatic carbocycles. The molecule has 6 rings (SSSR count). The molecular weight excluding hydrogens is 352 g/mol. The van der Waals surface area contributed by atoms with Crippen molar-refractivity contribution in [2.24, 2.45) is 5.92 Å². The molecule has 0 radical (unpaired) electrons. The van der Waals surface area contributed by atoms with Crippen LogP contribution < -0.4 is 4.74 Å². The maximum atomic E-state index is 13.4. The van der Waals surface area contributed by atoms with E-state index in [2.05, 4.69) is 15.9 Å². The summed E-state index contributed by atoms with van der Waals surface area (Å²) in [6.07, 6.45) is 2.33. The molecule has 146 valence electrons. The Morgan fingerprint density at radius 2 is 1.82 bits per heavy atom. The zero-order valence-electron chi connectivity index (χ0n) is 16.1. The van der Waals surface area contributed by atoms with Crippen LogP contribution in [0, 0.1) is 5.92 Å². The second kappa shape index (κ2) is 6.82. The highest BCUT2D eigenvalue weighted by Gasteiger charge is 2.54. The average molecular weight is 378 g/mol. The minimum Gasteiger partial charge on any atom is -0.508 e. The van der Waals surface area contributed by atoms with E-state index in [1.165, 1.54) is 12.8 Å². The van der Waals surface area contributed by atoms with Crippen molar-refractivity contribution in [2.75, 3.05) is 26.7 Å². The predicted molar refractivity (Wildman–Crippen MR) is 107 cm³/mol. The smallest absolute Gasteiger partial charge is 0.254 e. The zero-order chi connectivity index (χ0) is 19.3. The molecule has 4 fully saturated rings. The third-order valence-electron chi connectivity index (χ3n) is 6.89. The number of rotatable bonds is 3. The lowest BCUT2D eigenvalue weighted by Gasteiger charge is -2.51. The van der Waals surface area contributed by atoms with Gasteiger partial charge in [-0.3, -0.25) is 9.69 Å². The number of carbonyl (C=O) groups is 1. The largest absolute Gasteiger partial charge is 0.508 e. The van der Waals surface area contributed by atoms with Crippen LogP contribution in [0.2, 0.25) is 0 Å². The number of fused-ring (bicyclic) bond motifs is 2. The van der Waals surface area contributed by atoms with E-state index in [1.54, 1.807) is 13.2 Å². The highest BCUT2D eigenvalue weighted by molar-refractivity contribution is 5.95. The number of hydrogen-bond donors (Lipinski definition) is 1. The molecule has 5 heteroatoms. The summed E-state index contributed by atoms with van der Waals surface area (Å²) in [5.74, 6) is 1.97. The number of carbonyl (C=O) groups excluding carboxylic acids is 1.